The van der Waals surface area contributed by atoms with Gasteiger partial charge in [0, 0.05) is 17.1 Å². The Morgan fingerprint density at radius 2 is 2.00 bits per heavy atom. The van der Waals surface area contributed by atoms with E-state index in [1.54, 1.807) is 11.9 Å². The van der Waals surface area contributed by atoms with Gasteiger partial charge in [-0.15, -0.1) is 0 Å². The SMILES string of the molecule is Cc1ccc(C(=O)N(C)C2(C#N)CCCCC2)cc1Br. The maximum atomic E-state index is 12.6. The highest BCUT2D eigenvalue weighted by Crippen LogP contribution is 2.33. The van der Waals surface area contributed by atoms with Gasteiger partial charge in [-0.05, 0) is 37.5 Å². The summed E-state index contributed by atoms with van der Waals surface area (Å²) in [6, 6.07) is 7.97. The largest absolute Gasteiger partial charge is 0.323 e. The van der Waals surface area contributed by atoms with E-state index in [2.05, 4.69) is 22.0 Å². The normalized spacial score (nSPS) is 17.3. The standard InChI is InChI=1S/C16H19BrN2O/c1-12-6-7-13(10-14(12)17)15(20)19(2)16(11-18)8-4-3-5-9-16/h6-7,10H,3-5,8-9H2,1-2H3. The van der Waals surface area contributed by atoms with Crippen LogP contribution < -0.4 is 0 Å². The lowest BCUT2D eigenvalue weighted by Crippen LogP contribution is -2.49. The minimum Gasteiger partial charge on any atom is -0.323 e. The number of benzene rings is 1. The van der Waals surface area contributed by atoms with Crippen molar-refractivity contribution in [2.75, 3.05) is 7.05 Å². The molecule has 1 aromatic rings. The molecule has 1 amide bonds. The van der Waals surface area contributed by atoms with Gasteiger partial charge in [-0.2, -0.15) is 5.26 Å². The first-order valence-corrected chi connectivity index (χ1v) is 7.75. The van der Waals surface area contributed by atoms with Gasteiger partial charge in [0.25, 0.3) is 5.91 Å². The van der Waals surface area contributed by atoms with Crippen LogP contribution >= 0.6 is 15.9 Å². The lowest BCUT2D eigenvalue weighted by atomic mass is 9.81. The molecular weight excluding hydrogens is 316 g/mol. The number of carbonyl (C=O) groups is 1. The second-order valence-electron chi connectivity index (χ2n) is 5.53. The van der Waals surface area contributed by atoms with Crippen LogP contribution in [0.4, 0.5) is 0 Å². The van der Waals surface area contributed by atoms with Crippen LogP contribution in [0.15, 0.2) is 22.7 Å². The van der Waals surface area contributed by atoms with Crippen molar-refractivity contribution in [1.82, 2.24) is 4.90 Å². The number of aryl methyl sites for hydroxylation is 1. The van der Waals surface area contributed by atoms with Crippen molar-refractivity contribution in [3.63, 3.8) is 0 Å². The molecule has 1 fully saturated rings. The van der Waals surface area contributed by atoms with Crippen molar-refractivity contribution in [3.8, 4) is 6.07 Å². The van der Waals surface area contributed by atoms with Gasteiger partial charge in [0.05, 0.1) is 6.07 Å². The summed E-state index contributed by atoms with van der Waals surface area (Å²) in [5.41, 5.74) is 1.09. The second-order valence-corrected chi connectivity index (χ2v) is 6.39. The van der Waals surface area contributed by atoms with Crippen LogP contribution in [-0.2, 0) is 0 Å². The van der Waals surface area contributed by atoms with E-state index in [1.807, 2.05) is 25.1 Å². The first-order valence-electron chi connectivity index (χ1n) is 6.96. The van der Waals surface area contributed by atoms with Crippen molar-refractivity contribution in [3.05, 3.63) is 33.8 Å². The topological polar surface area (TPSA) is 44.1 Å². The molecular formula is C16H19BrN2O. The van der Waals surface area contributed by atoms with Crippen LogP contribution in [0.3, 0.4) is 0 Å². The quantitative estimate of drug-likeness (QED) is 0.818. The molecule has 20 heavy (non-hydrogen) atoms. The predicted molar refractivity (Wildman–Crippen MR) is 82.4 cm³/mol. The number of nitriles is 1. The Bertz CT molecular complexity index is 556. The van der Waals surface area contributed by atoms with Crippen LogP contribution in [-0.4, -0.2) is 23.4 Å². The van der Waals surface area contributed by atoms with Gasteiger partial charge < -0.3 is 4.90 Å². The molecule has 3 nitrogen and oxygen atoms in total. The summed E-state index contributed by atoms with van der Waals surface area (Å²) in [5.74, 6) is -0.0749. The van der Waals surface area contributed by atoms with Crippen molar-refractivity contribution < 1.29 is 4.79 Å². The molecule has 0 spiro atoms. The van der Waals surface area contributed by atoms with E-state index < -0.39 is 5.54 Å². The van der Waals surface area contributed by atoms with Gasteiger partial charge in [0.15, 0.2) is 0 Å². The Hall–Kier alpha value is -1.34. The number of hydrogen-bond acceptors (Lipinski definition) is 2. The Morgan fingerprint density at radius 1 is 1.35 bits per heavy atom. The van der Waals surface area contributed by atoms with E-state index in [-0.39, 0.29) is 5.91 Å². The van der Waals surface area contributed by atoms with Gasteiger partial charge in [-0.3, -0.25) is 4.79 Å². The number of halogens is 1. The van der Waals surface area contributed by atoms with E-state index in [0.717, 1.165) is 42.1 Å². The Balaban J connectivity index is 2.27. The third kappa shape index (κ3) is 2.73. The molecule has 0 aromatic heterocycles. The lowest BCUT2D eigenvalue weighted by Gasteiger charge is -2.39. The summed E-state index contributed by atoms with van der Waals surface area (Å²) < 4.78 is 0.923. The van der Waals surface area contributed by atoms with E-state index >= 15 is 0 Å². The fourth-order valence-corrected chi connectivity index (χ4v) is 3.15. The van der Waals surface area contributed by atoms with E-state index in [1.165, 1.54) is 0 Å². The third-order valence-electron chi connectivity index (χ3n) is 4.25. The zero-order valence-electron chi connectivity index (χ0n) is 11.9. The van der Waals surface area contributed by atoms with E-state index in [0.29, 0.717) is 5.56 Å². The molecule has 1 saturated carbocycles. The third-order valence-corrected chi connectivity index (χ3v) is 5.11. The van der Waals surface area contributed by atoms with Gasteiger partial charge >= 0.3 is 0 Å². The molecule has 1 aliphatic rings. The van der Waals surface area contributed by atoms with Gasteiger partial charge in [-0.1, -0.05) is 41.3 Å². The van der Waals surface area contributed by atoms with Gasteiger partial charge in [0.1, 0.15) is 5.54 Å². The predicted octanol–water partition coefficient (Wildman–Crippen LogP) is 4.06. The van der Waals surface area contributed by atoms with Gasteiger partial charge in [0.2, 0.25) is 0 Å². The highest BCUT2D eigenvalue weighted by Gasteiger charge is 2.39. The van der Waals surface area contributed by atoms with E-state index in [4.69, 9.17) is 0 Å². The van der Waals surface area contributed by atoms with Crippen LogP contribution in [0.25, 0.3) is 0 Å². The maximum absolute atomic E-state index is 12.6. The zero-order chi connectivity index (χ0) is 14.8. The van der Waals surface area contributed by atoms with Crippen molar-refractivity contribution in [1.29, 1.82) is 5.26 Å². The molecule has 0 unspecified atom stereocenters. The Labute approximate surface area is 128 Å². The molecule has 0 radical (unpaired) electrons. The maximum Gasteiger partial charge on any atom is 0.254 e. The fourth-order valence-electron chi connectivity index (χ4n) is 2.77. The molecule has 1 aliphatic carbocycles. The summed E-state index contributed by atoms with van der Waals surface area (Å²) in [4.78, 5) is 14.3. The summed E-state index contributed by atoms with van der Waals surface area (Å²) in [6.07, 6.45) is 4.74. The number of amides is 1. The minimum atomic E-state index is -0.632. The Kier molecular flexibility index (Phi) is 4.49. The number of nitrogens with zero attached hydrogens (tertiary/aromatic N) is 2. The molecule has 0 N–H and O–H groups in total. The van der Waals surface area contributed by atoms with Crippen molar-refractivity contribution in [2.45, 2.75) is 44.6 Å². The van der Waals surface area contributed by atoms with Crippen LogP contribution in [0.5, 0.6) is 0 Å². The molecule has 0 saturated heterocycles. The molecule has 1 aromatic carbocycles. The fraction of sp³-hybridized carbons (Fsp3) is 0.500. The highest BCUT2D eigenvalue weighted by molar-refractivity contribution is 9.10. The summed E-state index contributed by atoms with van der Waals surface area (Å²) in [5, 5.41) is 9.55. The lowest BCUT2D eigenvalue weighted by molar-refractivity contribution is 0.0589. The molecule has 0 atom stereocenters. The van der Waals surface area contributed by atoms with E-state index in [9.17, 15) is 10.1 Å². The summed E-state index contributed by atoms with van der Waals surface area (Å²) in [6.45, 7) is 1.99. The van der Waals surface area contributed by atoms with Crippen molar-refractivity contribution in [2.24, 2.45) is 0 Å². The first-order chi connectivity index (χ1) is 9.50. The molecule has 106 valence electrons. The highest BCUT2D eigenvalue weighted by atomic mass is 79.9. The second kappa shape index (κ2) is 5.97. The zero-order valence-corrected chi connectivity index (χ0v) is 13.5. The molecule has 0 heterocycles. The molecule has 0 aliphatic heterocycles. The van der Waals surface area contributed by atoms with Crippen LogP contribution in [0.2, 0.25) is 0 Å². The molecule has 4 heteroatoms. The summed E-state index contributed by atoms with van der Waals surface area (Å²) >= 11 is 3.45. The smallest absolute Gasteiger partial charge is 0.254 e. The first kappa shape index (κ1) is 15.1. The molecule has 2 rings (SSSR count). The average Bonchev–Trinajstić information content (AvgIpc) is 2.49. The number of hydrogen-bond donors (Lipinski definition) is 0. The summed E-state index contributed by atoms with van der Waals surface area (Å²) in [7, 11) is 1.75. The van der Waals surface area contributed by atoms with Crippen LogP contribution in [0, 0.1) is 18.3 Å². The monoisotopic (exact) mass is 334 g/mol. The number of carbonyl (C=O) groups excluding carboxylic acids is 1. The van der Waals surface area contributed by atoms with Crippen LogP contribution in [0.1, 0.15) is 48.0 Å². The average molecular weight is 335 g/mol. The number of rotatable bonds is 2. The minimum absolute atomic E-state index is 0.0749. The Morgan fingerprint density at radius 3 is 2.55 bits per heavy atom. The molecule has 0 bridgehead atoms. The van der Waals surface area contributed by atoms with Crippen molar-refractivity contribution >= 4 is 21.8 Å². The van der Waals surface area contributed by atoms with Gasteiger partial charge in [-0.25, -0.2) is 0 Å².